The van der Waals surface area contributed by atoms with E-state index in [1.807, 2.05) is 30.3 Å². The summed E-state index contributed by atoms with van der Waals surface area (Å²) in [5.41, 5.74) is -1.68. The summed E-state index contributed by atoms with van der Waals surface area (Å²) in [7, 11) is 4.23. The number of rotatable bonds is 7. The zero-order valence-electron chi connectivity index (χ0n) is 25.4. The van der Waals surface area contributed by atoms with Gasteiger partial charge in [-0.1, -0.05) is 36.4 Å². The molecule has 212 valence electrons. The first kappa shape index (κ1) is 30.4. The van der Waals surface area contributed by atoms with Gasteiger partial charge in [-0.05, 0) is 81.5 Å². The van der Waals surface area contributed by atoms with Gasteiger partial charge in [-0.15, -0.1) is 6.58 Å². The molecular weight excluding hydrogens is 476 g/mol. The van der Waals surface area contributed by atoms with E-state index in [1.54, 1.807) is 6.08 Å². The van der Waals surface area contributed by atoms with Crippen LogP contribution in [-0.4, -0.2) is 70.2 Å². The average Bonchev–Trinajstić information content (AvgIpc) is 2.79. The number of carbonyl (C=O) groups excluding carboxylic acids is 2. The second kappa shape index (κ2) is 10.4. The molecule has 3 rings (SSSR count). The maximum absolute atomic E-state index is 14.2. The Bertz CT molecular complexity index is 935. The molecule has 0 N–H and O–H groups in total. The zero-order valence-corrected chi connectivity index (χ0v) is 25.4. The van der Waals surface area contributed by atoms with E-state index in [0.29, 0.717) is 31.2 Å². The molecule has 0 aliphatic carbocycles. The first-order chi connectivity index (χ1) is 17.4. The first-order valence-corrected chi connectivity index (χ1v) is 14.0. The second-order valence-corrected chi connectivity index (χ2v) is 14.0. The van der Waals surface area contributed by atoms with Gasteiger partial charge in [0.15, 0.2) is 5.41 Å². The molecule has 0 atom stereocenters. The molecule has 2 heterocycles. The standard InChI is InChI=1S/C32H50N2O4/c1-12-18-32(23-16-14-13-15-17-23,26(35)37-24-19-28(2,3)33(10)29(4,5)20-24)27(36)38-25-21-30(6,7)34(11)31(8,9)22-25/h12-17,24-25H,1,18-22H2,2-11H3. The Kier molecular flexibility index (Phi) is 8.33. The van der Waals surface area contributed by atoms with Crippen LogP contribution in [0.3, 0.4) is 0 Å². The molecule has 0 bridgehead atoms. The minimum atomic E-state index is -1.61. The van der Waals surface area contributed by atoms with E-state index in [9.17, 15) is 9.59 Å². The number of ether oxygens (including phenoxy) is 2. The van der Waals surface area contributed by atoms with E-state index in [-0.39, 0.29) is 40.8 Å². The van der Waals surface area contributed by atoms with E-state index in [1.165, 1.54) is 0 Å². The van der Waals surface area contributed by atoms with Crippen molar-refractivity contribution >= 4 is 11.9 Å². The van der Waals surface area contributed by atoms with E-state index in [4.69, 9.17) is 9.47 Å². The second-order valence-electron chi connectivity index (χ2n) is 14.0. The molecule has 6 nitrogen and oxygen atoms in total. The van der Waals surface area contributed by atoms with Crippen LogP contribution in [0, 0.1) is 0 Å². The Hall–Kier alpha value is -2.18. The molecule has 38 heavy (non-hydrogen) atoms. The van der Waals surface area contributed by atoms with Gasteiger partial charge in [-0.3, -0.25) is 19.4 Å². The lowest BCUT2D eigenvalue weighted by molar-refractivity contribution is -0.180. The van der Waals surface area contributed by atoms with Crippen molar-refractivity contribution < 1.29 is 19.1 Å². The van der Waals surface area contributed by atoms with Crippen molar-refractivity contribution in [2.75, 3.05) is 14.1 Å². The predicted molar refractivity (Wildman–Crippen MR) is 153 cm³/mol. The van der Waals surface area contributed by atoms with Crippen molar-refractivity contribution in [1.82, 2.24) is 9.80 Å². The van der Waals surface area contributed by atoms with Crippen LogP contribution < -0.4 is 0 Å². The highest BCUT2D eigenvalue weighted by molar-refractivity contribution is 6.06. The molecule has 2 fully saturated rings. The quantitative estimate of drug-likeness (QED) is 0.251. The van der Waals surface area contributed by atoms with Crippen molar-refractivity contribution in [2.45, 2.75) is 127 Å². The number of piperidine rings is 2. The van der Waals surface area contributed by atoms with Gasteiger partial charge in [-0.2, -0.15) is 0 Å². The van der Waals surface area contributed by atoms with Crippen molar-refractivity contribution in [3.05, 3.63) is 48.6 Å². The van der Waals surface area contributed by atoms with Crippen LogP contribution in [-0.2, 0) is 24.5 Å². The van der Waals surface area contributed by atoms with Gasteiger partial charge in [0.1, 0.15) is 12.2 Å². The Morgan fingerprint density at radius 1 is 0.789 bits per heavy atom. The Labute approximate surface area is 230 Å². The number of benzene rings is 1. The number of carbonyl (C=O) groups is 2. The van der Waals surface area contributed by atoms with Crippen LogP contribution >= 0.6 is 0 Å². The van der Waals surface area contributed by atoms with Crippen LogP contribution in [0.2, 0.25) is 0 Å². The molecule has 1 aromatic rings. The summed E-state index contributed by atoms with van der Waals surface area (Å²) in [5, 5.41) is 0. The highest BCUT2D eigenvalue weighted by Gasteiger charge is 2.54. The number of hydrogen-bond donors (Lipinski definition) is 0. The molecule has 2 saturated heterocycles. The van der Waals surface area contributed by atoms with Gasteiger partial charge in [0.2, 0.25) is 0 Å². The van der Waals surface area contributed by atoms with Gasteiger partial charge in [0.05, 0.1) is 0 Å². The third-order valence-electron chi connectivity index (χ3n) is 9.50. The molecule has 0 spiro atoms. The third kappa shape index (κ3) is 5.72. The van der Waals surface area contributed by atoms with E-state index in [2.05, 4.69) is 85.9 Å². The van der Waals surface area contributed by atoms with Gasteiger partial charge in [0, 0.05) is 47.8 Å². The van der Waals surface area contributed by atoms with Crippen molar-refractivity contribution in [2.24, 2.45) is 0 Å². The van der Waals surface area contributed by atoms with Gasteiger partial charge < -0.3 is 9.47 Å². The highest BCUT2D eigenvalue weighted by Crippen LogP contribution is 2.42. The summed E-state index contributed by atoms with van der Waals surface area (Å²) in [6, 6.07) is 9.20. The monoisotopic (exact) mass is 526 g/mol. The fourth-order valence-corrected chi connectivity index (χ4v) is 6.77. The van der Waals surface area contributed by atoms with E-state index < -0.39 is 17.4 Å². The smallest absolute Gasteiger partial charge is 0.328 e. The fraction of sp³-hybridized carbons (Fsp3) is 0.688. The predicted octanol–water partition coefficient (Wildman–Crippen LogP) is 5.89. The largest absolute Gasteiger partial charge is 0.461 e. The van der Waals surface area contributed by atoms with Crippen molar-refractivity contribution in [3.63, 3.8) is 0 Å². The lowest BCUT2D eigenvalue weighted by atomic mass is 9.75. The van der Waals surface area contributed by atoms with Crippen LogP contribution in [0.25, 0.3) is 0 Å². The summed E-state index contributed by atoms with van der Waals surface area (Å²) < 4.78 is 12.5. The minimum absolute atomic E-state index is 0.105. The zero-order chi connectivity index (χ0) is 28.7. The number of hydrogen-bond acceptors (Lipinski definition) is 6. The summed E-state index contributed by atoms with van der Waals surface area (Å²) in [6.07, 6.45) is 3.84. The van der Waals surface area contributed by atoms with Crippen LogP contribution in [0.1, 0.15) is 93.1 Å². The van der Waals surface area contributed by atoms with Gasteiger partial charge in [0.25, 0.3) is 0 Å². The molecule has 0 saturated carbocycles. The van der Waals surface area contributed by atoms with Gasteiger partial charge in [-0.25, -0.2) is 0 Å². The molecule has 1 aromatic carbocycles. The number of nitrogens with zero attached hydrogens (tertiary/aromatic N) is 2. The lowest BCUT2D eigenvalue weighted by Crippen LogP contribution is -2.61. The summed E-state index contributed by atoms with van der Waals surface area (Å²) in [4.78, 5) is 33.1. The molecule has 0 unspecified atom stereocenters. The normalized spacial score (nSPS) is 23.9. The number of allylic oxidation sites excluding steroid dienone is 1. The number of likely N-dealkylation sites (tertiary alicyclic amines) is 2. The number of esters is 2. The van der Waals surface area contributed by atoms with Crippen molar-refractivity contribution in [1.29, 1.82) is 0 Å². The third-order valence-corrected chi connectivity index (χ3v) is 9.50. The molecule has 0 radical (unpaired) electrons. The molecule has 0 amide bonds. The molecule has 6 heteroatoms. The first-order valence-electron chi connectivity index (χ1n) is 14.0. The SMILES string of the molecule is C=CCC(C(=O)OC1CC(C)(C)N(C)C(C)(C)C1)(C(=O)OC1CC(C)(C)N(C)C(C)(C)C1)c1ccccc1. The topological polar surface area (TPSA) is 59.1 Å². The van der Waals surface area contributed by atoms with Crippen LogP contribution in [0.15, 0.2) is 43.0 Å². The van der Waals surface area contributed by atoms with Crippen LogP contribution in [0.5, 0.6) is 0 Å². The lowest BCUT2D eigenvalue weighted by Gasteiger charge is -2.53. The molecule has 2 aliphatic rings. The maximum Gasteiger partial charge on any atom is 0.328 e. The van der Waals surface area contributed by atoms with Crippen LogP contribution in [0.4, 0.5) is 0 Å². The highest BCUT2D eigenvalue weighted by atomic mass is 16.6. The summed E-state index contributed by atoms with van der Waals surface area (Å²) in [6.45, 7) is 21.3. The van der Waals surface area contributed by atoms with Gasteiger partial charge >= 0.3 is 11.9 Å². The Morgan fingerprint density at radius 3 is 1.45 bits per heavy atom. The Balaban J connectivity index is 1.98. The molecule has 2 aliphatic heterocycles. The van der Waals surface area contributed by atoms with E-state index in [0.717, 1.165) is 0 Å². The fourth-order valence-electron chi connectivity index (χ4n) is 6.77. The maximum atomic E-state index is 14.2. The van der Waals surface area contributed by atoms with E-state index >= 15 is 0 Å². The average molecular weight is 527 g/mol. The summed E-state index contributed by atoms with van der Waals surface area (Å²) >= 11 is 0. The summed E-state index contributed by atoms with van der Waals surface area (Å²) in [5.74, 6) is -1.11. The Morgan fingerprint density at radius 2 is 1.13 bits per heavy atom. The minimum Gasteiger partial charge on any atom is -0.461 e. The molecule has 0 aromatic heterocycles. The molecular formula is C32H50N2O4. The van der Waals surface area contributed by atoms with Crippen molar-refractivity contribution in [3.8, 4) is 0 Å².